The van der Waals surface area contributed by atoms with Crippen LogP contribution < -0.4 is 14.8 Å². The van der Waals surface area contributed by atoms with Crippen LogP contribution in [0.4, 0.5) is 0 Å². The Hall–Kier alpha value is -2.14. The number of benzene rings is 1. The van der Waals surface area contributed by atoms with Gasteiger partial charge in [0, 0.05) is 12.6 Å². The zero-order valence-corrected chi connectivity index (χ0v) is 12.1. The molecule has 1 aliphatic rings. The molecule has 0 bridgehead atoms. The van der Waals surface area contributed by atoms with Crippen molar-refractivity contribution in [2.45, 2.75) is 32.4 Å². The number of hydrogen-bond donors (Lipinski definition) is 1. The second-order valence-electron chi connectivity index (χ2n) is 5.01. The molecule has 5 nitrogen and oxygen atoms in total. The summed E-state index contributed by atoms with van der Waals surface area (Å²) in [5, 5.41) is 3.40. The summed E-state index contributed by atoms with van der Waals surface area (Å²) in [5.74, 6) is 2.04. The predicted octanol–water partition coefficient (Wildman–Crippen LogP) is 2.92. The minimum atomic E-state index is 0.495. The van der Waals surface area contributed by atoms with E-state index in [0.29, 0.717) is 18.5 Å². The summed E-state index contributed by atoms with van der Waals surface area (Å²) >= 11 is 0. The molecule has 1 aromatic heterocycles. The first kappa shape index (κ1) is 13.8. The molecule has 1 N–H and O–H groups in total. The molecule has 1 fully saturated rings. The van der Waals surface area contributed by atoms with Gasteiger partial charge in [-0.3, -0.25) is 4.98 Å². The minimum Gasteiger partial charge on any atom is -0.494 e. The summed E-state index contributed by atoms with van der Waals surface area (Å²) in [5.41, 5.74) is 0.931. The number of nitrogens with one attached hydrogen (secondary N) is 1. The molecule has 110 valence electrons. The van der Waals surface area contributed by atoms with E-state index < -0.39 is 0 Å². The topological polar surface area (TPSA) is 56.3 Å². The quantitative estimate of drug-likeness (QED) is 0.847. The molecular weight excluding hydrogens is 266 g/mol. The number of nitrogens with zero attached hydrogens (tertiary/aromatic N) is 2. The normalized spacial score (nSPS) is 14.0. The van der Waals surface area contributed by atoms with Crippen LogP contribution in [0, 0.1) is 0 Å². The Morgan fingerprint density at radius 2 is 1.86 bits per heavy atom. The maximum atomic E-state index is 5.65. The molecule has 21 heavy (non-hydrogen) atoms. The molecule has 0 saturated heterocycles. The Morgan fingerprint density at radius 1 is 1.10 bits per heavy atom. The Kier molecular flexibility index (Phi) is 4.31. The number of rotatable bonds is 7. The predicted molar refractivity (Wildman–Crippen MR) is 79.6 cm³/mol. The van der Waals surface area contributed by atoms with Crippen molar-refractivity contribution >= 4 is 0 Å². The highest BCUT2D eigenvalue weighted by Crippen LogP contribution is 2.22. The third-order valence-corrected chi connectivity index (χ3v) is 3.19. The lowest BCUT2D eigenvalue weighted by Crippen LogP contribution is -2.16. The SMILES string of the molecule is CCOc1ccc(Oc2cnc(CNC3CC3)cn2)cc1. The van der Waals surface area contributed by atoms with Gasteiger partial charge in [0.05, 0.1) is 24.7 Å². The number of aromatic nitrogens is 2. The molecule has 0 aliphatic heterocycles. The number of ether oxygens (including phenoxy) is 2. The van der Waals surface area contributed by atoms with Crippen molar-refractivity contribution in [1.29, 1.82) is 0 Å². The van der Waals surface area contributed by atoms with Crippen molar-refractivity contribution in [3.8, 4) is 17.4 Å². The molecule has 0 atom stereocenters. The summed E-state index contributed by atoms with van der Waals surface area (Å²) in [6.07, 6.45) is 5.94. The van der Waals surface area contributed by atoms with Crippen LogP contribution >= 0.6 is 0 Å². The standard InChI is InChI=1S/C16H19N3O2/c1-2-20-14-5-7-15(8-6-14)21-16-11-18-13(10-19-16)9-17-12-3-4-12/h5-8,10-12,17H,2-4,9H2,1H3. The van der Waals surface area contributed by atoms with Gasteiger partial charge in [0.15, 0.2) is 0 Å². The van der Waals surface area contributed by atoms with Crippen LogP contribution in [-0.2, 0) is 6.54 Å². The van der Waals surface area contributed by atoms with Crippen molar-refractivity contribution in [1.82, 2.24) is 15.3 Å². The summed E-state index contributed by atoms with van der Waals surface area (Å²) in [7, 11) is 0. The highest BCUT2D eigenvalue weighted by molar-refractivity contribution is 5.33. The fourth-order valence-corrected chi connectivity index (χ4v) is 1.91. The maximum Gasteiger partial charge on any atom is 0.237 e. The summed E-state index contributed by atoms with van der Waals surface area (Å²) in [4.78, 5) is 8.62. The zero-order chi connectivity index (χ0) is 14.5. The highest BCUT2D eigenvalue weighted by atomic mass is 16.5. The third-order valence-electron chi connectivity index (χ3n) is 3.19. The summed E-state index contributed by atoms with van der Waals surface area (Å²) in [6, 6.07) is 8.14. The van der Waals surface area contributed by atoms with E-state index in [1.54, 1.807) is 12.4 Å². The van der Waals surface area contributed by atoms with Gasteiger partial charge in [-0.05, 0) is 44.0 Å². The largest absolute Gasteiger partial charge is 0.494 e. The summed E-state index contributed by atoms with van der Waals surface area (Å²) < 4.78 is 11.0. The number of hydrogen-bond acceptors (Lipinski definition) is 5. The van der Waals surface area contributed by atoms with Gasteiger partial charge in [0.1, 0.15) is 11.5 Å². The molecule has 1 saturated carbocycles. The smallest absolute Gasteiger partial charge is 0.237 e. The lowest BCUT2D eigenvalue weighted by molar-refractivity contribution is 0.339. The lowest BCUT2D eigenvalue weighted by Gasteiger charge is -2.07. The van der Waals surface area contributed by atoms with E-state index in [1.807, 2.05) is 31.2 Å². The first-order chi connectivity index (χ1) is 10.3. The van der Waals surface area contributed by atoms with E-state index >= 15 is 0 Å². The average molecular weight is 285 g/mol. The van der Waals surface area contributed by atoms with Crippen LogP contribution in [0.2, 0.25) is 0 Å². The van der Waals surface area contributed by atoms with E-state index in [1.165, 1.54) is 12.8 Å². The Labute approximate surface area is 124 Å². The van der Waals surface area contributed by atoms with Gasteiger partial charge in [0.2, 0.25) is 5.88 Å². The van der Waals surface area contributed by atoms with Crippen LogP contribution in [0.15, 0.2) is 36.7 Å². The molecule has 0 unspecified atom stereocenters. The molecule has 3 rings (SSSR count). The van der Waals surface area contributed by atoms with Crippen molar-refractivity contribution in [2.75, 3.05) is 6.61 Å². The Balaban J connectivity index is 1.56. The van der Waals surface area contributed by atoms with Gasteiger partial charge in [-0.15, -0.1) is 0 Å². The van der Waals surface area contributed by atoms with Gasteiger partial charge in [-0.1, -0.05) is 0 Å². The van der Waals surface area contributed by atoms with Crippen molar-refractivity contribution in [2.24, 2.45) is 0 Å². The van der Waals surface area contributed by atoms with Crippen LogP contribution in [-0.4, -0.2) is 22.6 Å². The minimum absolute atomic E-state index is 0.495. The van der Waals surface area contributed by atoms with Crippen LogP contribution in [0.3, 0.4) is 0 Å². The van der Waals surface area contributed by atoms with Gasteiger partial charge in [-0.2, -0.15) is 0 Å². The first-order valence-corrected chi connectivity index (χ1v) is 7.28. The first-order valence-electron chi connectivity index (χ1n) is 7.28. The molecule has 0 radical (unpaired) electrons. The molecule has 0 amide bonds. The second kappa shape index (κ2) is 6.54. The van der Waals surface area contributed by atoms with E-state index in [-0.39, 0.29) is 0 Å². The molecule has 1 aliphatic carbocycles. The molecule has 1 heterocycles. The molecule has 2 aromatic rings. The average Bonchev–Trinajstić information content (AvgIpc) is 3.33. The van der Waals surface area contributed by atoms with E-state index in [9.17, 15) is 0 Å². The van der Waals surface area contributed by atoms with Crippen molar-refractivity contribution in [3.05, 3.63) is 42.4 Å². The summed E-state index contributed by atoms with van der Waals surface area (Å²) in [6.45, 7) is 3.38. The molecular formula is C16H19N3O2. The molecule has 5 heteroatoms. The van der Waals surface area contributed by atoms with Gasteiger partial charge >= 0.3 is 0 Å². The second-order valence-corrected chi connectivity index (χ2v) is 5.01. The monoisotopic (exact) mass is 285 g/mol. The highest BCUT2D eigenvalue weighted by Gasteiger charge is 2.20. The van der Waals surface area contributed by atoms with E-state index in [4.69, 9.17) is 9.47 Å². The zero-order valence-electron chi connectivity index (χ0n) is 12.1. The fourth-order valence-electron chi connectivity index (χ4n) is 1.91. The van der Waals surface area contributed by atoms with E-state index in [0.717, 1.165) is 23.7 Å². The van der Waals surface area contributed by atoms with Crippen LogP contribution in [0.5, 0.6) is 17.4 Å². The van der Waals surface area contributed by atoms with Crippen LogP contribution in [0.25, 0.3) is 0 Å². The fraction of sp³-hybridized carbons (Fsp3) is 0.375. The lowest BCUT2D eigenvalue weighted by atomic mass is 10.3. The van der Waals surface area contributed by atoms with Gasteiger partial charge < -0.3 is 14.8 Å². The van der Waals surface area contributed by atoms with Crippen molar-refractivity contribution in [3.63, 3.8) is 0 Å². The van der Waals surface area contributed by atoms with Crippen molar-refractivity contribution < 1.29 is 9.47 Å². The van der Waals surface area contributed by atoms with E-state index in [2.05, 4.69) is 15.3 Å². The Morgan fingerprint density at radius 3 is 2.48 bits per heavy atom. The maximum absolute atomic E-state index is 5.65. The van der Waals surface area contributed by atoms with Crippen LogP contribution in [0.1, 0.15) is 25.5 Å². The molecule has 1 aromatic carbocycles. The molecule has 0 spiro atoms. The Bertz CT molecular complexity index is 565. The van der Waals surface area contributed by atoms with Gasteiger partial charge in [0.25, 0.3) is 0 Å². The van der Waals surface area contributed by atoms with Gasteiger partial charge in [-0.25, -0.2) is 4.98 Å². The third kappa shape index (κ3) is 4.16.